The number of nitrogens with one attached hydrogen (secondary N) is 1. The predicted octanol–water partition coefficient (Wildman–Crippen LogP) is 4.21. The van der Waals surface area contributed by atoms with Crippen molar-refractivity contribution in [3.63, 3.8) is 0 Å². The van der Waals surface area contributed by atoms with Crippen LogP contribution in [0.5, 0.6) is 5.75 Å². The molecule has 0 aliphatic carbocycles. The molecule has 1 aliphatic heterocycles. The van der Waals surface area contributed by atoms with Crippen LogP contribution in [0, 0.1) is 11.6 Å². The fourth-order valence-electron chi connectivity index (χ4n) is 3.74. The van der Waals surface area contributed by atoms with Gasteiger partial charge >= 0.3 is 0 Å². The van der Waals surface area contributed by atoms with Crippen LogP contribution in [0.3, 0.4) is 0 Å². The van der Waals surface area contributed by atoms with E-state index in [0.717, 1.165) is 18.7 Å². The van der Waals surface area contributed by atoms with Gasteiger partial charge in [0.1, 0.15) is 17.4 Å². The summed E-state index contributed by atoms with van der Waals surface area (Å²) in [5, 5.41) is 2.91. The summed E-state index contributed by atoms with van der Waals surface area (Å²) in [5.41, 5.74) is 1.92. The highest BCUT2D eigenvalue weighted by Gasteiger charge is 2.22. The monoisotopic (exact) mass is 464 g/mol. The third-order valence-electron chi connectivity index (χ3n) is 5.61. The summed E-state index contributed by atoms with van der Waals surface area (Å²) in [6, 6.07) is 19.2. The van der Waals surface area contributed by atoms with Gasteiger partial charge in [-0.2, -0.15) is 0 Å². The molecule has 6 nitrogen and oxygen atoms in total. The second kappa shape index (κ2) is 10.9. The van der Waals surface area contributed by atoms with Crippen molar-refractivity contribution in [3.05, 3.63) is 95.6 Å². The summed E-state index contributed by atoms with van der Waals surface area (Å²) < 4.78 is 32.0. The molecule has 1 aliphatic rings. The van der Waals surface area contributed by atoms with E-state index >= 15 is 0 Å². The number of rotatable bonds is 5. The van der Waals surface area contributed by atoms with E-state index in [-0.39, 0.29) is 17.5 Å². The van der Waals surface area contributed by atoms with E-state index in [9.17, 15) is 13.6 Å². The van der Waals surface area contributed by atoms with Crippen LogP contribution in [0.1, 0.15) is 15.9 Å². The molecular formula is C26H26F2N4O2. The quantitative estimate of drug-likeness (QED) is 0.454. The molecule has 0 unspecified atom stereocenters. The summed E-state index contributed by atoms with van der Waals surface area (Å²) in [5.74, 6) is 0.162. The largest absolute Gasteiger partial charge is 0.497 e. The molecule has 1 N–H and O–H groups in total. The van der Waals surface area contributed by atoms with Crippen molar-refractivity contribution in [2.75, 3.05) is 33.3 Å². The van der Waals surface area contributed by atoms with Gasteiger partial charge in [-0.1, -0.05) is 12.1 Å². The summed E-state index contributed by atoms with van der Waals surface area (Å²) >= 11 is 0. The van der Waals surface area contributed by atoms with Crippen molar-refractivity contribution in [1.82, 2.24) is 15.1 Å². The number of ether oxygens (including phenoxy) is 1. The van der Waals surface area contributed by atoms with E-state index in [1.165, 1.54) is 18.2 Å². The molecule has 0 radical (unpaired) electrons. The third-order valence-corrected chi connectivity index (χ3v) is 5.61. The average Bonchev–Trinajstić information content (AvgIpc) is 2.85. The zero-order valence-corrected chi connectivity index (χ0v) is 18.9. The Morgan fingerprint density at radius 3 is 2.29 bits per heavy atom. The van der Waals surface area contributed by atoms with E-state index in [1.807, 2.05) is 11.0 Å². The molecule has 8 heteroatoms. The van der Waals surface area contributed by atoms with Crippen molar-refractivity contribution in [3.8, 4) is 5.75 Å². The topological polar surface area (TPSA) is 57.2 Å². The van der Waals surface area contributed by atoms with Crippen LogP contribution in [0.2, 0.25) is 0 Å². The first-order valence-corrected chi connectivity index (χ1v) is 11.0. The number of nitrogens with zero attached hydrogens (tertiary/aromatic N) is 3. The fourth-order valence-corrected chi connectivity index (χ4v) is 3.74. The number of halogens is 2. The molecule has 3 aromatic carbocycles. The van der Waals surface area contributed by atoms with Gasteiger partial charge in [0.05, 0.1) is 12.8 Å². The Kier molecular flexibility index (Phi) is 7.49. The zero-order valence-electron chi connectivity index (χ0n) is 18.9. The Balaban J connectivity index is 1.47. The van der Waals surface area contributed by atoms with Crippen LogP contribution in [-0.4, -0.2) is 55.0 Å². The minimum atomic E-state index is -0.353. The molecular weight excluding hydrogens is 438 g/mol. The van der Waals surface area contributed by atoms with Gasteiger partial charge in [-0.05, 0) is 66.2 Å². The molecule has 1 heterocycles. The second-order valence-electron chi connectivity index (χ2n) is 7.99. The van der Waals surface area contributed by atoms with E-state index < -0.39 is 0 Å². The number of amides is 1. The van der Waals surface area contributed by atoms with Crippen molar-refractivity contribution < 1.29 is 18.3 Å². The molecule has 0 aromatic heterocycles. The van der Waals surface area contributed by atoms with Crippen LogP contribution >= 0.6 is 0 Å². The smallest absolute Gasteiger partial charge is 0.257 e. The highest BCUT2D eigenvalue weighted by Crippen LogP contribution is 2.16. The number of hydrogen-bond donors (Lipinski definition) is 1. The van der Waals surface area contributed by atoms with Gasteiger partial charge in [-0.25, -0.2) is 13.8 Å². The van der Waals surface area contributed by atoms with E-state index in [2.05, 4.69) is 15.2 Å². The molecule has 0 atom stereocenters. The van der Waals surface area contributed by atoms with Crippen LogP contribution in [0.25, 0.3) is 0 Å². The van der Waals surface area contributed by atoms with Gasteiger partial charge in [0.25, 0.3) is 5.91 Å². The standard InChI is InChI=1S/C26H26F2N4O2/c1-34-24-11-5-20(6-12-24)25(33)30-26(29-23-9-7-21(27)8-10-23)32-15-13-31(14-16-32)18-19-3-2-4-22(28)17-19/h2-12,17H,13-16,18H2,1H3,(H,29,30,33). The Hall–Kier alpha value is -3.78. The summed E-state index contributed by atoms with van der Waals surface area (Å²) in [4.78, 5) is 21.7. The van der Waals surface area contributed by atoms with Crippen LogP contribution in [0.4, 0.5) is 14.5 Å². The lowest BCUT2D eigenvalue weighted by Crippen LogP contribution is -2.53. The van der Waals surface area contributed by atoms with Gasteiger partial charge < -0.3 is 9.64 Å². The number of guanidine groups is 1. The molecule has 1 amide bonds. The van der Waals surface area contributed by atoms with Crippen molar-refractivity contribution >= 4 is 17.6 Å². The highest BCUT2D eigenvalue weighted by atomic mass is 19.1. The molecule has 176 valence electrons. The van der Waals surface area contributed by atoms with Crippen LogP contribution in [0.15, 0.2) is 77.8 Å². The van der Waals surface area contributed by atoms with Gasteiger partial charge in [-0.3, -0.25) is 15.0 Å². The molecule has 34 heavy (non-hydrogen) atoms. The first kappa shape index (κ1) is 23.4. The molecule has 0 saturated carbocycles. The Morgan fingerprint density at radius 2 is 1.65 bits per heavy atom. The molecule has 4 rings (SSSR count). The number of aliphatic imine (C=N–C) groups is 1. The van der Waals surface area contributed by atoms with Crippen molar-refractivity contribution in [2.45, 2.75) is 6.54 Å². The Morgan fingerprint density at radius 1 is 0.941 bits per heavy atom. The molecule has 1 fully saturated rings. The number of hydrogen-bond acceptors (Lipinski definition) is 4. The Bertz CT molecular complexity index is 1140. The average molecular weight is 465 g/mol. The van der Waals surface area contributed by atoms with Crippen molar-refractivity contribution in [2.24, 2.45) is 4.99 Å². The van der Waals surface area contributed by atoms with Crippen molar-refractivity contribution in [1.29, 1.82) is 0 Å². The third kappa shape index (κ3) is 6.17. The molecule has 0 bridgehead atoms. The SMILES string of the molecule is COc1ccc(C(=O)NC(=Nc2ccc(F)cc2)N2CCN(Cc3cccc(F)c3)CC2)cc1. The summed E-state index contributed by atoms with van der Waals surface area (Å²) in [6.45, 7) is 3.33. The van der Waals surface area contributed by atoms with E-state index in [0.29, 0.717) is 42.6 Å². The zero-order chi connectivity index (χ0) is 23.9. The first-order chi connectivity index (χ1) is 16.5. The number of benzene rings is 3. The maximum absolute atomic E-state index is 13.5. The van der Waals surface area contributed by atoms with Gasteiger partial charge in [0.2, 0.25) is 5.96 Å². The fraction of sp³-hybridized carbons (Fsp3) is 0.231. The van der Waals surface area contributed by atoms with E-state index in [1.54, 1.807) is 55.6 Å². The molecule has 3 aromatic rings. The van der Waals surface area contributed by atoms with Crippen LogP contribution < -0.4 is 10.1 Å². The second-order valence-corrected chi connectivity index (χ2v) is 7.99. The van der Waals surface area contributed by atoms with Crippen LogP contribution in [-0.2, 0) is 6.54 Å². The number of methoxy groups -OCH3 is 1. The first-order valence-electron chi connectivity index (χ1n) is 11.0. The summed E-state index contributed by atoms with van der Waals surface area (Å²) in [6.07, 6.45) is 0. The molecule has 0 spiro atoms. The number of piperazine rings is 1. The van der Waals surface area contributed by atoms with Gasteiger partial charge in [0, 0.05) is 38.3 Å². The lowest BCUT2D eigenvalue weighted by atomic mass is 10.2. The Labute approximate surface area is 197 Å². The number of carbonyl (C=O) groups excluding carboxylic acids is 1. The minimum Gasteiger partial charge on any atom is -0.497 e. The maximum Gasteiger partial charge on any atom is 0.257 e. The summed E-state index contributed by atoms with van der Waals surface area (Å²) in [7, 11) is 1.57. The van der Waals surface area contributed by atoms with Gasteiger partial charge in [0.15, 0.2) is 0 Å². The number of carbonyl (C=O) groups is 1. The highest BCUT2D eigenvalue weighted by molar-refractivity contribution is 6.06. The minimum absolute atomic E-state index is 0.244. The van der Waals surface area contributed by atoms with E-state index in [4.69, 9.17) is 4.74 Å². The lowest BCUT2D eigenvalue weighted by molar-refractivity contribution is 0.0967. The predicted molar refractivity (Wildman–Crippen MR) is 127 cm³/mol. The van der Waals surface area contributed by atoms with Gasteiger partial charge in [-0.15, -0.1) is 0 Å². The maximum atomic E-state index is 13.5. The normalized spacial score (nSPS) is 14.7. The lowest BCUT2D eigenvalue weighted by Gasteiger charge is -2.36. The molecule has 1 saturated heterocycles.